The van der Waals surface area contributed by atoms with Gasteiger partial charge < -0.3 is 10.0 Å². The molecule has 0 fully saturated rings. The number of nitrogens with zero attached hydrogens (tertiary/aromatic N) is 2. The van der Waals surface area contributed by atoms with Crippen LogP contribution < -0.4 is 5.32 Å². The first kappa shape index (κ1) is 15.2. The lowest BCUT2D eigenvalue weighted by molar-refractivity contribution is -0.148. The number of nitrogens with one attached hydrogen (secondary N) is 1. The summed E-state index contributed by atoms with van der Waals surface area (Å²) >= 11 is 1.07. The number of carbonyl (C=O) groups excluding carboxylic acids is 1. The van der Waals surface area contributed by atoms with Crippen LogP contribution in [0.3, 0.4) is 0 Å². The molecule has 1 rings (SSSR count). The third kappa shape index (κ3) is 5.55. The summed E-state index contributed by atoms with van der Waals surface area (Å²) in [6.07, 6.45) is -3.24. The lowest BCUT2D eigenvalue weighted by Gasteiger charge is -2.21. The molecule has 6 nitrogen and oxygen atoms in total. The Morgan fingerprint density at radius 2 is 2.16 bits per heavy atom. The van der Waals surface area contributed by atoms with Gasteiger partial charge in [-0.3, -0.25) is 10.1 Å². The number of amides is 2. The number of hydrogen-bond acceptors (Lipinski definition) is 4. The van der Waals surface area contributed by atoms with Crippen molar-refractivity contribution in [2.45, 2.75) is 13.1 Å². The summed E-state index contributed by atoms with van der Waals surface area (Å²) in [5.41, 5.74) is 0. The Morgan fingerprint density at radius 1 is 1.53 bits per heavy atom. The predicted octanol–water partition coefficient (Wildman–Crippen LogP) is 1.93. The number of anilines is 1. The van der Waals surface area contributed by atoms with Crippen LogP contribution in [-0.4, -0.2) is 46.3 Å². The van der Waals surface area contributed by atoms with Crippen LogP contribution in [0.5, 0.6) is 0 Å². The van der Waals surface area contributed by atoms with E-state index in [9.17, 15) is 22.8 Å². The third-order valence-electron chi connectivity index (χ3n) is 1.82. The van der Waals surface area contributed by atoms with Crippen LogP contribution in [0.2, 0.25) is 0 Å². The zero-order valence-electron chi connectivity index (χ0n) is 9.69. The zero-order valence-corrected chi connectivity index (χ0v) is 10.5. The summed E-state index contributed by atoms with van der Waals surface area (Å²) in [4.78, 5) is 26.7. The molecule has 0 aromatic carbocycles. The maximum absolute atomic E-state index is 12.2. The molecule has 106 valence electrons. The first-order chi connectivity index (χ1) is 8.67. The van der Waals surface area contributed by atoms with Crippen LogP contribution in [-0.2, 0) is 4.79 Å². The molecule has 0 saturated heterocycles. The second-order valence-corrected chi connectivity index (χ2v) is 4.81. The number of hydrogen-bond donors (Lipinski definition) is 2. The fraction of sp³-hybridized carbons (Fsp3) is 0.444. The smallest absolute Gasteiger partial charge is 0.406 e. The SMILES string of the molecule is Cc1cnc(NC(=O)N(CC(=O)O)CC(F)(F)F)s1. The second kappa shape index (κ2) is 5.87. The van der Waals surface area contributed by atoms with Crippen molar-refractivity contribution in [2.24, 2.45) is 0 Å². The summed E-state index contributed by atoms with van der Waals surface area (Å²) < 4.78 is 36.7. The molecule has 1 aromatic heterocycles. The van der Waals surface area contributed by atoms with Crippen LogP contribution in [0.1, 0.15) is 4.88 Å². The molecule has 0 spiro atoms. The molecule has 0 radical (unpaired) electrons. The molecular weight excluding hydrogens is 287 g/mol. The largest absolute Gasteiger partial charge is 0.480 e. The van der Waals surface area contributed by atoms with Gasteiger partial charge in [0, 0.05) is 11.1 Å². The second-order valence-electron chi connectivity index (χ2n) is 3.57. The van der Waals surface area contributed by atoms with Crippen molar-refractivity contribution >= 4 is 28.5 Å². The van der Waals surface area contributed by atoms with Crippen molar-refractivity contribution in [2.75, 3.05) is 18.4 Å². The molecule has 1 aromatic rings. The van der Waals surface area contributed by atoms with Gasteiger partial charge in [0.25, 0.3) is 0 Å². The van der Waals surface area contributed by atoms with E-state index in [1.807, 2.05) is 0 Å². The van der Waals surface area contributed by atoms with E-state index in [1.165, 1.54) is 6.20 Å². The van der Waals surface area contributed by atoms with E-state index in [4.69, 9.17) is 5.11 Å². The number of urea groups is 1. The molecular formula is C9H10F3N3O3S. The van der Waals surface area contributed by atoms with Gasteiger partial charge in [-0.25, -0.2) is 9.78 Å². The molecule has 0 bridgehead atoms. The molecule has 19 heavy (non-hydrogen) atoms. The van der Waals surface area contributed by atoms with Crippen molar-refractivity contribution in [1.82, 2.24) is 9.88 Å². The maximum atomic E-state index is 12.2. The average molecular weight is 297 g/mol. The van der Waals surface area contributed by atoms with E-state index >= 15 is 0 Å². The lowest BCUT2D eigenvalue weighted by atomic mass is 10.5. The topological polar surface area (TPSA) is 82.5 Å². The number of rotatable bonds is 4. The standard InChI is InChI=1S/C9H10F3N3O3S/c1-5-2-13-7(19-5)14-8(18)15(3-6(16)17)4-9(10,11)12/h2H,3-4H2,1H3,(H,16,17)(H,13,14,18). The first-order valence-corrected chi connectivity index (χ1v) is 5.76. The minimum Gasteiger partial charge on any atom is -0.480 e. The van der Waals surface area contributed by atoms with Gasteiger partial charge in [0.2, 0.25) is 0 Å². The third-order valence-corrected chi connectivity index (χ3v) is 2.65. The Morgan fingerprint density at radius 3 is 2.58 bits per heavy atom. The fourth-order valence-electron chi connectivity index (χ4n) is 1.16. The number of aryl methyl sites for hydroxylation is 1. The number of aliphatic carboxylic acids is 1. The van der Waals surface area contributed by atoms with Crippen molar-refractivity contribution in [3.05, 3.63) is 11.1 Å². The molecule has 1 heterocycles. The summed E-state index contributed by atoms with van der Waals surface area (Å²) in [6.45, 7) is -0.983. The number of halogens is 3. The summed E-state index contributed by atoms with van der Waals surface area (Å²) in [6, 6.07) is -1.16. The summed E-state index contributed by atoms with van der Waals surface area (Å²) in [5, 5.41) is 10.7. The van der Waals surface area contributed by atoms with E-state index in [0.29, 0.717) is 0 Å². The minimum absolute atomic E-state index is 0.111. The van der Waals surface area contributed by atoms with Crippen LogP contribution in [0, 0.1) is 6.92 Å². The molecule has 2 amide bonds. The monoisotopic (exact) mass is 297 g/mol. The van der Waals surface area contributed by atoms with Gasteiger partial charge in [0.1, 0.15) is 13.1 Å². The summed E-state index contributed by atoms with van der Waals surface area (Å²) in [7, 11) is 0. The number of thiazole rings is 1. The van der Waals surface area contributed by atoms with E-state index in [2.05, 4.69) is 10.3 Å². The highest BCUT2D eigenvalue weighted by atomic mass is 32.1. The summed E-state index contributed by atoms with van der Waals surface area (Å²) in [5.74, 6) is -1.53. The van der Waals surface area contributed by atoms with Crippen LogP contribution >= 0.6 is 11.3 Å². The highest BCUT2D eigenvalue weighted by Gasteiger charge is 2.34. The lowest BCUT2D eigenvalue weighted by Crippen LogP contribution is -2.44. The van der Waals surface area contributed by atoms with Crippen LogP contribution in [0.4, 0.5) is 23.1 Å². The van der Waals surface area contributed by atoms with E-state index < -0.39 is 31.3 Å². The molecule has 0 aliphatic heterocycles. The van der Waals surface area contributed by atoms with Gasteiger partial charge >= 0.3 is 18.2 Å². The van der Waals surface area contributed by atoms with E-state index in [-0.39, 0.29) is 10.0 Å². The Kier molecular flexibility index (Phi) is 4.70. The number of alkyl halides is 3. The molecule has 0 saturated carbocycles. The molecule has 0 atom stereocenters. The molecule has 2 N–H and O–H groups in total. The Balaban J connectivity index is 2.73. The number of aromatic nitrogens is 1. The average Bonchev–Trinajstić information content (AvgIpc) is 2.60. The first-order valence-electron chi connectivity index (χ1n) is 4.94. The predicted molar refractivity (Wildman–Crippen MR) is 61.1 cm³/mol. The number of carboxylic acid groups (broad SMARTS) is 1. The quantitative estimate of drug-likeness (QED) is 0.889. The van der Waals surface area contributed by atoms with Crippen LogP contribution in [0.25, 0.3) is 0 Å². The van der Waals surface area contributed by atoms with Gasteiger partial charge in [-0.05, 0) is 6.92 Å². The van der Waals surface area contributed by atoms with Gasteiger partial charge in [0.15, 0.2) is 5.13 Å². The van der Waals surface area contributed by atoms with E-state index in [0.717, 1.165) is 16.2 Å². The molecule has 0 aliphatic rings. The highest BCUT2D eigenvalue weighted by molar-refractivity contribution is 7.15. The van der Waals surface area contributed by atoms with Crippen molar-refractivity contribution in [3.8, 4) is 0 Å². The number of carboxylic acids is 1. The van der Waals surface area contributed by atoms with Gasteiger partial charge in [-0.2, -0.15) is 13.2 Å². The van der Waals surface area contributed by atoms with Gasteiger partial charge in [-0.1, -0.05) is 0 Å². The minimum atomic E-state index is -4.68. The molecule has 0 unspecified atom stereocenters. The zero-order chi connectivity index (χ0) is 14.6. The van der Waals surface area contributed by atoms with Crippen molar-refractivity contribution < 1.29 is 27.9 Å². The fourth-order valence-corrected chi connectivity index (χ4v) is 1.82. The Hall–Kier alpha value is -1.84. The normalized spacial score (nSPS) is 11.2. The van der Waals surface area contributed by atoms with Gasteiger partial charge in [-0.15, -0.1) is 11.3 Å². The highest BCUT2D eigenvalue weighted by Crippen LogP contribution is 2.19. The number of carbonyl (C=O) groups is 2. The maximum Gasteiger partial charge on any atom is 0.406 e. The Labute approximate surface area is 109 Å². The molecule has 10 heteroatoms. The van der Waals surface area contributed by atoms with Crippen molar-refractivity contribution in [1.29, 1.82) is 0 Å². The van der Waals surface area contributed by atoms with Crippen LogP contribution in [0.15, 0.2) is 6.20 Å². The van der Waals surface area contributed by atoms with Crippen molar-refractivity contribution in [3.63, 3.8) is 0 Å². The molecule has 0 aliphatic carbocycles. The Bertz CT molecular complexity index is 475. The van der Waals surface area contributed by atoms with E-state index in [1.54, 1.807) is 6.92 Å². The van der Waals surface area contributed by atoms with Gasteiger partial charge in [0.05, 0.1) is 0 Å².